The van der Waals surface area contributed by atoms with Crippen molar-refractivity contribution in [1.82, 2.24) is 19.8 Å². The number of fused-ring (bicyclic) bond motifs is 3. The van der Waals surface area contributed by atoms with Crippen molar-refractivity contribution < 1.29 is 4.79 Å². The van der Waals surface area contributed by atoms with Crippen LogP contribution < -0.4 is 21.3 Å². The number of nitrogens with two attached hydrogens (primary N) is 1. The van der Waals surface area contributed by atoms with Crippen LogP contribution in [0, 0.1) is 23.7 Å². The van der Waals surface area contributed by atoms with Gasteiger partial charge in [0.05, 0.1) is 16.1 Å². The zero-order valence-electron chi connectivity index (χ0n) is 24.7. The first-order valence-electron chi connectivity index (χ1n) is 16.1. The van der Waals surface area contributed by atoms with Crippen LogP contribution in [-0.2, 0) is 4.79 Å². The average Bonchev–Trinajstić information content (AvgIpc) is 3.46. The standard InChI is InChI=1S/C33H40N8OS/c1-39-26-18-24(17-21-8-10-33(21,26)39)41-13-11-40(12-14-41)23-6-4-22(5-7-23)35-32-36-25-9-15-43-29(25)31(38-32)37-28-20-3-2-19(16-20)27(28)30(34)42/h2-7,9,15,19-21,24,26-28H,8,10-14,16-18H2,1H3,(H2,34,42)(H2,35,36,37,38). The lowest BCUT2D eigenvalue weighted by Crippen LogP contribution is -2.55. The van der Waals surface area contributed by atoms with Crippen molar-refractivity contribution in [3.63, 3.8) is 0 Å². The van der Waals surface area contributed by atoms with Crippen LogP contribution in [0.15, 0.2) is 47.9 Å². The highest BCUT2D eigenvalue weighted by molar-refractivity contribution is 7.17. The number of nitrogens with zero attached hydrogens (tertiary/aromatic N) is 5. The molecule has 0 radical (unpaired) electrons. The number of likely N-dealkylation sites (tertiary alicyclic amines) is 1. The first-order valence-corrected chi connectivity index (χ1v) is 16.9. The van der Waals surface area contributed by atoms with E-state index in [4.69, 9.17) is 15.7 Å². The molecule has 4 aliphatic carbocycles. The molecule has 1 amide bonds. The summed E-state index contributed by atoms with van der Waals surface area (Å²) in [5.41, 5.74) is 9.56. The number of benzene rings is 1. The molecule has 224 valence electrons. The zero-order chi connectivity index (χ0) is 28.9. The maximum Gasteiger partial charge on any atom is 0.229 e. The molecule has 6 aliphatic rings. The van der Waals surface area contributed by atoms with Gasteiger partial charge in [0.2, 0.25) is 11.9 Å². The van der Waals surface area contributed by atoms with Gasteiger partial charge in [0.15, 0.2) is 0 Å². The fraction of sp³-hybridized carbons (Fsp3) is 0.545. The Morgan fingerprint density at radius 2 is 1.84 bits per heavy atom. The van der Waals surface area contributed by atoms with Crippen LogP contribution >= 0.6 is 11.3 Å². The third kappa shape index (κ3) is 4.05. The molecule has 9 nitrogen and oxygen atoms in total. The molecule has 2 bridgehead atoms. The van der Waals surface area contributed by atoms with E-state index in [0.29, 0.717) is 17.4 Å². The first kappa shape index (κ1) is 26.2. The number of aromatic nitrogens is 2. The lowest BCUT2D eigenvalue weighted by Gasteiger charge is -2.48. The fourth-order valence-corrected chi connectivity index (χ4v) is 10.4. The van der Waals surface area contributed by atoms with Gasteiger partial charge in [0.25, 0.3) is 0 Å². The molecule has 9 unspecified atom stereocenters. The molecular formula is C33H40N8OS. The number of hydrogen-bond donors (Lipinski definition) is 3. The summed E-state index contributed by atoms with van der Waals surface area (Å²) in [5, 5.41) is 9.07. The summed E-state index contributed by atoms with van der Waals surface area (Å²) in [6, 6.07) is 12.3. The van der Waals surface area contributed by atoms with Crippen molar-refractivity contribution in [1.29, 1.82) is 0 Å². The molecule has 4 N–H and O–H groups in total. The number of hydrogen-bond acceptors (Lipinski definition) is 9. The quantitative estimate of drug-likeness (QED) is 0.275. The Bertz CT molecular complexity index is 1590. The SMILES string of the molecule is CN1C2CC(N3CCN(c4ccc(Nc5nc(NC6C7C=CC(C7)C6C(N)=O)c6sccc6n5)cc4)CC3)CC3CCC321. The van der Waals surface area contributed by atoms with Gasteiger partial charge < -0.3 is 21.3 Å². The number of nitrogens with one attached hydrogen (secondary N) is 2. The second-order valence-electron chi connectivity index (χ2n) is 13.8. The number of rotatable bonds is 7. The molecule has 4 heterocycles. The number of anilines is 4. The van der Waals surface area contributed by atoms with Crippen molar-refractivity contribution in [3.05, 3.63) is 47.9 Å². The van der Waals surface area contributed by atoms with Crippen LogP contribution in [-0.4, -0.2) is 82.6 Å². The van der Waals surface area contributed by atoms with Crippen LogP contribution in [0.2, 0.25) is 0 Å². The predicted octanol–water partition coefficient (Wildman–Crippen LogP) is 4.27. The van der Waals surface area contributed by atoms with Crippen molar-refractivity contribution in [2.45, 2.75) is 55.8 Å². The molecule has 2 aromatic heterocycles. The van der Waals surface area contributed by atoms with Gasteiger partial charge in [-0.25, -0.2) is 4.98 Å². The summed E-state index contributed by atoms with van der Waals surface area (Å²) >= 11 is 1.61. The Labute approximate surface area is 256 Å². The molecule has 5 fully saturated rings. The molecule has 10 heteroatoms. The van der Waals surface area contributed by atoms with E-state index >= 15 is 0 Å². The highest BCUT2D eigenvalue weighted by Crippen LogP contribution is 2.64. The Balaban J connectivity index is 0.859. The van der Waals surface area contributed by atoms with E-state index in [1.807, 2.05) is 11.4 Å². The lowest BCUT2D eigenvalue weighted by molar-refractivity contribution is -0.122. The van der Waals surface area contributed by atoms with Crippen molar-refractivity contribution >= 4 is 50.6 Å². The molecular weight excluding hydrogens is 556 g/mol. The molecule has 2 aliphatic heterocycles. The van der Waals surface area contributed by atoms with Gasteiger partial charge in [0, 0.05) is 61.2 Å². The maximum absolute atomic E-state index is 12.3. The fourth-order valence-electron chi connectivity index (χ4n) is 9.59. The molecule has 9 rings (SSSR count). The smallest absolute Gasteiger partial charge is 0.229 e. The van der Waals surface area contributed by atoms with Gasteiger partial charge in [-0.3, -0.25) is 14.6 Å². The van der Waals surface area contributed by atoms with Gasteiger partial charge >= 0.3 is 0 Å². The number of amides is 1. The first-order chi connectivity index (χ1) is 21.0. The predicted molar refractivity (Wildman–Crippen MR) is 172 cm³/mol. The number of piperazine rings is 1. The van der Waals surface area contributed by atoms with E-state index in [9.17, 15) is 4.79 Å². The minimum Gasteiger partial charge on any atom is -0.369 e. The van der Waals surface area contributed by atoms with Gasteiger partial charge in [0.1, 0.15) is 5.82 Å². The minimum atomic E-state index is -0.240. The average molecular weight is 597 g/mol. The van der Waals surface area contributed by atoms with Gasteiger partial charge in [-0.15, -0.1) is 11.3 Å². The number of likely N-dealkylation sites (N-methyl/N-ethyl adjacent to an activating group) is 1. The number of thiophene rings is 1. The topological polar surface area (TPSA) is 102 Å². The Hall–Kier alpha value is -3.21. The van der Waals surface area contributed by atoms with Crippen LogP contribution in [0.4, 0.5) is 23.1 Å². The summed E-state index contributed by atoms with van der Waals surface area (Å²) in [5.74, 6) is 2.32. The Kier molecular flexibility index (Phi) is 5.88. The van der Waals surface area contributed by atoms with E-state index < -0.39 is 0 Å². The third-order valence-corrected chi connectivity index (χ3v) is 12.9. The molecule has 2 saturated heterocycles. The van der Waals surface area contributed by atoms with E-state index in [1.165, 1.54) is 31.4 Å². The summed E-state index contributed by atoms with van der Waals surface area (Å²) < 4.78 is 0.999. The van der Waals surface area contributed by atoms with Crippen molar-refractivity contribution in [2.75, 3.05) is 48.8 Å². The minimum absolute atomic E-state index is 0.0415. The van der Waals surface area contributed by atoms with Crippen LogP contribution in [0.1, 0.15) is 32.1 Å². The molecule has 1 spiro atoms. The van der Waals surface area contributed by atoms with Gasteiger partial charge in [-0.1, -0.05) is 12.2 Å². The Morgan fingerprint density at radius 3 is 2.58 bits per heavy atom. The second kappa shape index (κ2) is 9.64. The van der Waals surface area contributed by atoms with E-state index in [-0.39, 0.29) is 23.8 Å². The molecule has 1 aromatic carbocycles. The molecule has 43 heavy (non-hydrogen) atoms. The summed E-state index contributed by atoms with van der Waals surface area (Å²) in [6.07, 6.45) is 11.0. The third-order valence-electron chi connectivity index (χ3n) is 12.0. The maximum atomic E-state index is 12.3. The molecule has 9 atom stereocenters. The number of carbonyl (C=O) groups excluding carboxylic acids is 1. The normalized spacial score (nSPS) is 37.6. The van der Waals surface area contributed by atoms with E-state index in [2.05, 4.69) is 68.8 Å². The van der Waals surface area contributed by atoms with E-state index in [0.717, 1.165) is 72.3 Å². The van der Waals surface area contributed by atoms with E-state index in [1.54, 1.807) is 11.3 Å². The highest BCUT2D eigenvalue weighted by atomic mass is 32.1. The van der Waals surface area contributed by atoms with Crippen LogP contribution in [0.5, 0.6) is 0 Å². The summed E-state index contributed by atoms with van der Waals surface area (Å²) in [6.45, 7) is 4.47. The highest BCUT2D eigenvalue weighted by Gasteiger charge is 2.71. The number of primary amides is 1. The zero-order valence-corrected chi connectivity index (χ0v) is 25.5. The second-order valence-corrected chi connectivity index (χ2v) is 14.7. The summed E-state index contributed by atoms with van der Waals surface area (Å²) in [7, 11) is 2.36. The molecule has 3 saturated carbocycles. The van der Waals surface area contributed by atoms with Gasteiger partial charge in [-0.2, -0.15) is 4.98 Å². The van der Waals surface area contributed by atoms with Crippen LogP contribution in [0.3, 0.4) is 0 Å². The number of allylic oxidation sites excluding steroid dienone is 1. The lowest BCUT2D eigenvalue weighted by atomic mass is 9.63. The molecule has 3 aromatic rings. The monoisotopic (exact) mass is 596 g/mol. The van der Waals surface area contributed by atoms with Gasteiger partial charge in [-0.05, 0) is 92.6 Å². The largest absolute Gasteiger partial charge is 0.369 e. The van der Waals surface area contributed by atoms with Crippen molar-refractivity contribution in [2.24, 2.45) is 29.4 Å². The number of carbonyl (C=O) groups is 1. The van der Waals surface area contributed by atoms with Crippen LogP contribution in [0.25, 0.3) is 10.2 Å². The van der Waals surface area contributed by atoms with Crippen molar-refractivity contribution in [3.8, 4) is 0 Å². The summed E-state index contributed by atoms with van der Waals surface area (Å²) in [4.78, 5) is 29.9. The Morgan fingerprint density at radius 1 is 1.02 bits per heavy atom.